The van der Waals surface area contributed by atoms with E-state index < -0.39 is 0 Å². The van der Waals surface area contributed by atoms with Gasteiger partial charge < -0.3 is 30.9 Å². The Bertz CT molecular complexity index is 931. The van der Waals surface area contributed by atoms with Gasteiger partial charge in [-0.15, -0.1) is 0 Å². The Kier molecular flexibility index (Phi) is 8.79. The highest BCUT2D eigenvalue weighted by molar-refractivity contribution is 5.95. The summed E-state index contributed by atoms with van der Waals surface area (Å²) in [6, 6.07) is 5.80. The lowest BCUT2D eigenvalue weighted by atomic mass is 10.1. The highest BCUT2D eigenvalue weighted by atomic mass is 16.5. The predicted octanol–water partition coefficient (Wildman–Crippen LogP) is 2.17. The molecule has 2 aromatic rings. The standard InChI is InChI=1S/C23H36N8O2/c1-15(2)14-31(4)23-29-21(26-18-8-9-24-13-18)28-22(30-23)27-19-12-17(7-6-16(19)3)20(32)25-10-11-33-5/h6-7,12,15,18,24H,8-11,13-14H2,1-5H3,(H,25,32)(H2,26,27,28,29,30)/t18-/m0/s1. The monoisotopic (exact) mass is 456 g/mol. The van der Waals surface area contributed by atoms with Crippen LogP contribution in [-0.2, 0) is 4.74 Å². The molecule has 0 unspecified atom stereocenters. The van der Waals surface area contributed by atoms with Gasteiger partial charge in [0.15, 0.2) is 0 Å². The Morgan fingerprint density at radius 2 is 2.06 bits per heavy atom. The van der Waals surface area contributed by atoms with E-state index in [-0.39, 0.29) is 11.9 Å². The van der Waals surface area contributed by atoms with Crippen molar-refractivity contribution in [3.05, 3.63) is 29.3 Å². The molecule has 0 radical (unpaired) electrons. The largest absolute Gasteiger partial charge is 0.383 e. The van der Waals surface area contributed by atoms with Gasteiger partial charge in [0.2, 0.25) is 17.8 Å². The van der Waals surface area contributed by atoms with Gasteiger partial charge in [0.1, 0.15) is 0 Å². The zero-order valence-corrected chi connectivity index (χ0v) is 20.2. The number of rotatable bonds is 11. The number of carbonyl (C=O) groups is 1. The number of carbonyl (C=O) groups excluding carboxylic acids is 1. The summed E-state index contributed by atoms with van der Waals surface area (Å²) >= 11 is 0. The molecule has 0 aliphatic carbocycles. The first kappa shape index (κ1) is 24.7. The predicted molar refractivity (Wildman–Crippen MR) is 132 cm³/mol. The molecule has 1 atom stereocenters. The first-order valence-corrected chi connectivity index (χ1v) is 11.4. The number of methoxy groups -OCH3 is 1. The van der Waals surface area contributed by atoms with Crippen molar-refractivity contribution >= 4 is 29.4 Å². The minimum absolute atomic E-state index is 0.154. The smallest absolute Gasteiger partial charge is 0.251 e. The zero-order chi connectivity index (χ0) is 23.8. The van der Waals surface area contributed by atoms with E-state index in [1.807, 2.05) is 31.0 Å². The van der Waals surface area contributed by atoms with Gasteiger partial charge in [-0.25, -0.2) is 0 Å². The van der Waals surface area contributed by atoms with Crippen LogP contribution < -0.4 is 26.2 Å². The molecule has 1 aliphatic rings. The molecule has 1 aromatic carbocycles. The van der Waals surface area contributed by atoms with Gasteiger partial charge >= 0.3 is 0 Å². The zero-order valence-electron chi connectivity index (χ0n) is 20.2. The maximum absolute atomic E-state index is 12.5. The number of hydrogen-bond acceptors (Lipinski definition) is 9. The molecular formula is C23H36N8O2. The van der Waals surface area contributed by atoms with Crippen molar-refractivity contribution in [2.24, 2.45) is 5.92 Å². The van der Waals surface area contributed by atoms with Crippen molar-refractivity contribution in [1.82, 2.24) is 25.6 Å². The van der Waals surface area contributed by atoms with Gasteiger partial charge in [-0.3, -0.25) is 4.79 Å². The molecule has 1 saturated heterocycles. The SMILES string of the molecule is COCCNC(=O)c1ccc(C)c(Nc2nc(N[C@H]3CCNC3)nc(N(C)CC(C)C)n2)c1. The van der Waals surface area contributed by atoms with Gasteiger partial charge in [0.05, 0.1) is 6.61 Å². The number of anilines is 4. The van der Waals surface area contributed by atoms with Crippen LogP contribution in [-0.4, -0.2) is 73.8 Å². The first-order valence-electron chi connectivity index (χ1n) is 11.4. The van der Waals surface area contributed by atoms with E-state index in [1.165, 1.54) is 0 Å². The van der Waals surface area contributed by atoms with E-state index >= 15 is 0 Å². The van der Waals surface area contributed by atoms with Gasteiger partial charge in [-0.05, 0) is 43.5 Å². The minimum atomic E-state index is -0.154. The number of nitrogens with one attached hydrogen (secondary N) is 4. The normalized spacial score (nSPS) is 15.5. The number of amides is 1. The number of aromatic nitrogens is 3. The van der Waals surface area contributed by atoms with Crippen molar-refractivity contribution in [3.63, 3.8) is 0 Å². The first-order chi connectivity index (χ1) is 15.9. The molecule has 180 valence electrons. The fraction of sp³-hybridized carbons (Fsp3) is 0.565. The highest BCUT2D eigenvalue weighted by Gasteiger charge is 2.18. The minimum Gasteiger partial charge on any atom is -0.383 e. The molecule has 0 spiro atoms. The molecule has 1 fully saturated rings. The molecular weight excluding hydrogens is 420 g/mol. The fourth-order valence-corrected chi connectivity index (χ4v) is 3.63. The third-order valence-corrected chi connectivity index (χ3v) is 5.34. The Morgan fingerprint density at radius 1 is 1.27 bits per heavy atom. The van der Waals surface area contributed by atoms with Gasteiger partial charge in [-0.2, -0.15) is 15.0 Å². The summed E-state index contributed by atoms with van der Waals surface area (Å²) < 4.78 is 5.00. The summed E-state index contributed by atoms with van der Waals surface area (Å²) in [7, 11) is 3.59. The van der Waals surface area contributed by atoms with Crippen molar-refractivity contribution < 1.29 is 9.53 Å². The van der Waals surface area contributed by atoms with Crippen molar-refractivity contribution in [2.75, 3.05) is 62.5 Å². The van der Waals surface area contributed by atoms with Crippen molar-refractivity contribution in [1.29, 1.82) is 0 Å². The average Bonchev–Trinajstić information content (AvgIpc) is 3.27. The molecule has 2 heterocycles. The quantitative estimate of drug-likeness (QED) is 0.377. The third-order valence-electron chi connectivity index (χ3n) is 5.34. The second kappa shape index (κ2) is 11.8. The molecule has 0 saturated carbocycles. The van der Waals surface area contributed by atoms with Crippen LogP contribution in [0.5, 0.6) is 0 Å². The second-order valence-corrected chi connectivity index (χ2v) is 8.79. The lowest BCUT2D eigenvalue weighted by Crippen LogP contribution is -2.27. The van der Waals surface area contributed by atoms with E-state index in [0.29, 0.717) is 42.5 Å². The molecule has 4 N–H and O–H groups in total. The number of aryl methyl sites for hydroxylation is 1. The Balaban J connectivity index is 1.84. The summed E-state index contributed by atoms with van der Waals surface area (Å²) in [5.74, 6) is 1.89. The van der Waals surface area contributed by atoms with Crippen LogP contribution in [0.25, 0.3) is 0 Å². The Labute approximate surface area is 195 Å². The lowest BCUT2D eigenvalue weighted by molar-refractivity contribution is 0.0937. The van der Waals surface area contributed by atoms with Gasteiger partial charge in [0.25, 0.3) is 5.91 Å². The van der Waals surface area contributed by atoms with Crippen LogP contribution in [0.4, 0.5) is 23.5 Å². The topological polar surface area (TPSA) is 116 Å². The van der Waals surface area contributed by atoms with E-state index in [2.05, 4.69) is 50.1 Å². The third kappa shape index (κ3) is 7.26. The molecule has 33 heavy (non-hydrogen) atoms. The summed E-state index contributed by atoms with van der Waals surface area (Å²) in [5, 5.41) is 12.9. The van der Waals surface area contributed by atoms with E-state index in [9.17, 15) is 4.79 Å². The van der Waals surface area contributed by atoms with E-state index in [0.717, 1.165) is 37.3 Å². The summed E-state index contributed by atoms with van der Waals surface area (Å²) in [6.07, 6.45) is 1.02. The molecule has 0 bridgehead atoms. The number of benzene rings is 1. The molecule has 1 aliphatic heterocycles. The number of hydrogen-bond donors (Lipinski definition) is 4. The van der Waals surface area contributed by atoms with Crippen LogP contribution in [0, 0.1) is 12.8 Å². The molecule has 1 aromatic heterocycles. The second-order valence-electron chi connectivity index (χ2n) is 8.79. The van der Waals surface area contributed by atoms with Gasteiger partial charge in [0, 0.05) is 51.1 Å². The van der Waals surface area contributed by atoms with Gasteiger partial charge in [-0.1, -0.05) is 19.9 Å². The number of nitrogens with zero attached hydrogens (tertiary/aromatic N) is 4. The van der Waals surface area contributed by atoms with E-state index in [1.54, 1.807) is 13.2 Å². The maximum Gasteiger partial charge on any atom is 0.251 e. The van der Waals surface area contributed by atoms with Crippen LogP contribution in [0.3, 0.4) is 0 Å². The molecule has 1 amide bonds. The summed E-state index contributed by atoms with van der Waals surface area (Å²) in [4.78, 5) is 28.4. The molecule has 3 rings (SSSR count). The van der Waals surface area contributed by atoms with Crippen LogP contribution in [0.1, 0.15) is 36.2 Å². The fourth-order valence-electron chi connectivity index (χ4n) is 3.63. The lowest BCUT2D eigenvalue weighted by Gasteiger charge is -2.21. The average molecular weight is 457 g/mol. The van der Waals surface area contributed by atoms with Crippen LogP contribution >= 0.6 is 0 Å². The number of ether oxygens (including phenoxy) is 1. The Hall–Kier alpha value is -2.98. The van der Waals surface area contributed by atoms with E-state index in [4.69, 9.17) is 4.74 Å². The summed E-state index contributed by atoms with van der Waals surface area (Å²) in [5.41, 5.74) is 2.31. The Morgan fingerprint density at radius 3 is 2.76 bits per heavy atom. The molecule has 10 heteroatoms. The molecule has 10 nitrogen and oxygen atoms in total. The maximum atomic E-state index is 12.5. The highest BCUT2D eigenvalue weighted by Crippen LogP contribution is 2.23. The van der Waals surface area contributed by atoms with Crippen LogP contribution in [0.2, 0.25) is 0 Å². The summed E-state index contributed by atoms with van der Waals surface area (Å²) in [6.45, 7) is 9.90. The van der Waals surface area contributed by atoms with Crippen molar-refractivity contribution in [3.8, 4) is 0 Å². The van der Waals surface area contributed by atoms with Crippen molar-refractivity contribution in [2.45, 2.75) is 33.2 Å². The van der Waals surface area contributed by atoms with Crippen LogP contribution in [0.15, 0.2) is 18.2 Å².